The van der Waals surface area contributed by atoms with Crippen LogP contribution >= 0.6 is 0 Å². The number of carboxylic acids is 1. The second kappa shape index (κ2) is 9.60. The van der Waals surface area contributed by atoms with Gasteiger partial charge in [-0.1, -0.05) is 60.7 Å². The maximum atomic E-state index is 14.0. The molecule has 2 N–H and O–H groups in total. The first-order valence-electron chi connectivity index (χ1n) is 10.5. The van der Waals surface area contributed by atoms with Crippen LogP contribution in [0.5, 0.6) is 0 Å². The van der Waals surface area contributed by atoms with Crippen LogP contribution in [0.1, 0.15) is 24.0 Å². The van der Waals surface area contributed by atoms with Crippen LogP contribution in [0.3, 0.4) is 0 Å². The van der Waals surface area contributed by atoms with Crippen LogP contribution in [0.25, 0.3) is 0 Å². The Balaban J connectivity index is 1.95. The van der Waals surface area contributed by atoms with Crippen LogP contribution in [-0.2, 0) is 34.7 Å². The Labute approximate surface area is 197 Å². The number of carbonyl (C=O) groups excluding carboxylic acids is 3. The van der Waals surface area contributed by atoms with E-state index in [1.165, 1.54) is 6.92 Å². The molecule has 1 saturated heterocycles. The van der Waals surface area contributed by atoms with E-state index in [0.717, 1.165) is 16.0 Å². The Hall–Kier alpha value is -3.79. The zero-order chi connectivity index (χ0) is 24.4. The fraction of sp³-hybridized carbons (Fsp3) is 0.250. The number of amides is 2. The predicted molar refractivity (Wildman–Crippen MR) is 122 cm³/mol. The van der Waals surface area contributed by atoms with Gasteiger partial charge in [-0.3, -0.25) is 23.5 Å². The van der Waals surface area contributed by atoms with Crippen molar-refractivity contribution in [2.45, 2.75) is 29.5 Å². The summed E-state index contributed by atoms with van der Waals surface area (Å²) in [6.45, 7) is 0.745. The topological polar surface area (TPSA) is 130 Å². The quantitative estimate of drug-likeness (QED) is 0.328. The highest BCUT2D eigenvalue weighted by atomic mass is 32.2. The first-order valence-corrected chi connectivity index (χ1v) is 11.8. The molecule has 176 valence electrons. The van der Waals surface area contributed by atoms with E-state index in [2.05, 4.69) is 5.32 Å². The van der Waals surface area contributed by atoms with Gasteiger partial charge in [0.25, 0.3) is 5.91 Å². The summed E-state index contributed by atoms with van der Waals surface area (Å²) in [6.07, 6.45) is 0.330. The summed E-state index contributed by atoms with van der Waals surface area (Å²) in [5.41, 5.74) is 1.25. The zero-order valence-electron chi connectivity index (χ0n) is 18.1. The molecule has 0 bridgehead atoms. The van der Waals surface area contributed by atoms with Crippen LogP contribution in [0.2, 0.25) is 0 Å². The van der Waals surface area contributed by atoms with Crippen molar-refractivity contribution >= 4 is 35.1 Å². The lowest BCUT2D eigenvalue weighted by Gasteiger charge is -2.51. The smallest absolute Gasteiger partial charge is 0.352 e. The molecule has 1 fully saturated rings. The number of nitrogens with zero attached hydrogens (tertiary/aromatic N) is 1. The number of rotatable bonds is 8. The van der Waals surface area contributed by atoms with Crippen molar-refractivity contribution < 1.29 is 33.2 Å². The minimum absolute atomic E-state index is 0.0768. The third-order valence-corrected chi connectivity index (χ3v) is 7.94. The second-order valence-corrected chi connectivity index (χ2v) is 9.52. The SMILES string of the molecule is CC(=O)OCC1=C(C(=O)O)N2C(=O)C(NC=O)[C@H]2S(=O)C1C(c1ccccc1)c1ccccc1. The molecule has 4 atom stereocenters. The van der Waals surface area contributed by atoms with E-state index in [1.807, 2.05) is 60.7 Å². The van der Waals surface area contributed by atoms with Gasteiger partial charge in [-0.15, -0.1) is 0 Å². The Morgan fingerprint density at radius 1 is 1.12 bits per heavy atom. The summed E-state index contributed by atoms with van der Waals surface area (Å²) in [5.74, 6) is -3.31. The van der Waals surface area contributed by atoms with E-state index in [0.29, 0.717) is 6.41 Å². The summed E-state index contributed by atoms with van der Waals surface area (Å²) < 4.78 is 19.2. The van der Waals surface area contributed by atoms with E-state index >= 15 is 0 Å². The minimum atomic E-state index is -1.86. The Morgan fingerprint density at radius 2 is 1.68 bits per heavy atom. The van der Waals surface area contributed by atoms with Gasteiger partial charge in [-0.2, -0.15) is 0 Å². The Kier molecular flexibility index (Phi) is 6.60. The van der Waals surface area contributed by atoms with Gasteiger partial charge in [0.05, 0.1) is 16.0 Å². The van der Waals surface area contributed by atoms with Gasteiger partial charge in [0.15, 0.2) is 0 Å². The molecular formula is C24H22N2O7S. The molecule has 2 amide bonds. The van der Waals surface area contributed by atoms with Gasteiger partial charge in [-0.05, 0) is 11.1 Å². The summed E-state index contributed by atoms with van der Waals surface area (Å²) >= 11 is 0. The summed E-state index contributed by atoms with van der Waals surface area (Å²) in [6, 6.07) is 17.2. The fourth-order valence-electron chi connectivity index (χ4n) is 4.51. The maximum Gasteiger partial charge on any atom is 0.352 e. The maximum absolute atomic E-state index is 14.0. The predicted octanol–water partition coefficient (Wildman–Crippen LogP) is 1.13. The van der Waals surface area contributed by atoms with Gasteiger partial charge in [-0.25, -0.2) is 4.79 Å². The minimum Gasteiger partial charge on any atom is -0.477 e. The average molecular weight is 483 g/mol. The lowest BCUT2D eigenvalue weighted by molar-refractivity contribution is -0.150. The zero-order valence-corrected chi connectivity index (χ0v) is 18.9. The van der Waals surface area contributed by atoms with E-state index in [1.54, 1.807) is 0 Å². The Bertz CT molecular complexity index is 1140. The summed E-state index contributed by atoms with van der Waals surface area (Å²) in [7, 11) is -1.86. The van der Waals surface area contributed by atoms with Crippen molar-refractivity contribution in [3.63, 3.8) is 0 Å². The first-order chi connectivity index (χ1) is 16.4. The molecule has 2 aromatic rings. The number of nitrogens with one attached hydrogen (secondary N) is 1. The highest BCUT2D eigenvalue weighted by Crippen LogP contribution is 2.45. The molecule has 2 aromatic carbocycles. The van der Waals surface area contributed by atoms with Crippen LogP contribution in [0, 0.1) is 0 Å². The molecule has 3 unspecified atom stereocenters. The van der Waals surface area contributed by atoms with Gasteiger partial charge in [0.1, 0.15) is 23.7 Å². The molecule has 0 spiro atoms. The molecule has 2 aliphatic heterocycles. The van der Waals surface area contributed by atoms with Crippen molar-refractivity contribution in [1.29, 1.82) is 0 Å². The first kappa shape index (κ1) is 23.4. The van der Waals surface area contributed by atoms with Crippen molar-refractivity contribution in [3.05, 3.63) is 83.1 Å². The molecule has 4 rings (SSSR count). The van der Waals surface area contributed by atoms with Crippen molar-refractivity contribution in [1.82, 2.24) is 10.2 Å². The van der Waals surface area contributed by atoms with Crippen molar-refractivity contribution in [2.75, 3.05) is 6.61 Å². The average Bonchev–Trinajstić information content (AvgIpc) is 2.83. The fourth-order valence-corrected chi connectivity index (χ4v) is 6.74. The third kappa shape index (κ3) is 4.01. The molecular weight excluding hydrogens is 460 g/mol. The van der Waals surface area contributed by atoms with Crippen LogP contribution in [-0.4, -0.2) is 61.7 Å². The number of fused-ring (bicyclic) bond motifs is 1. The van der Waals surface area contributed by atoms with Crippen molar-refractivity contribution in [2.24, 2.45) is 0 Å². The summed E-state index contributed by atoms with van der Waals surface area (Å²) in [5, 5.41) is 10.4. The van der Waals surface area contributed by atoms with Crippen LogP contribution < -0.4 is 5.32 Å². The molecule has 2 heterocycles. The second-order valence-electron chi connectivity index (χ2n) is 7.87. The van der Waals surface area contributed by atoms with E-state index < -0.39 is 57.8 Å². The Morgan fingerprint density at radius 3 is 2.15 bits per heavy atom. The lowest BCUT2D eigenvalue weighted by Crippen LogP contribution is -2.74. The number of esters is 1. The van der Waals surface area contributed by atoms with Gasteiger partial charge in [0.2, 0.25) is 6.41 Å². The normalized spacial score (nSPS) is 23.7. The molecule has 2 aliphatic rings. The number of hydrogen-bond acceptors (Lipinski definition) is 6. The van der Waals surface area contributed by atoms with Gasteiger partial charge >= 0.3 is 11.9 Å². The molecule has 0 aromatic heterocycles. The standard InChI is InChI=1S/C24H22N2O7S/c1-14(28)33-12-17-20(24(30)31)26-22(29)19(25-13-27)23(26)34(32)21(17)18(15-8-4-2-5-9-15)16-10-6-3-7-11-16/h2-11,13,18-19,21,23H,12H2,1H3,(H,25,27)(H,30,31)/t19?,21?,23-,34?/m1/s1. The number of β-lactam (4-membered cyclic amide) rings is 1. The molecule has 0 saturated carbocycles. The van der Waals surface area contributed by atoms with E-state index in [9.17, 15) is 28.5 Å². The van der Waals surface area contributed by atoms with E-state index in [4.69, 9.17) is 4.74 Å². The molecule has 10 heteroatoms. The molecule has 9 nitrogen and oxygen atoms in total. The number of carboxylic acid groups (broad SMARTS) is 1. The largest absolute Gasteiger partial charge is 0.477 e. The number of ether oxygens (including phenoxy) is 1. The number of hydrogen-bond donors (Lipinski definition) is 2. The van der Waals surface area contributed by atoms with Crippen LogP contribution in [0.4, 0.5) is 0 Å². The van der Waals surface area contributed by atoms with Crippen LogP contribution in [0.15, 0.2) is 71.9 Å². The molecule has 34 heavy (non-hydrogen) atoms. The van der Waals surface area contributed by atoms with E-state index in [-0.39, 0.29) is 11.3 Å². The van der Waals surface area contributed by atoms with Gasteiger partial charge < -0.3 is 15.2 Å². The monoisotopic (exact) mass is 482 g/mol. The molecule has 0 radical (unpaired) electrons. The third-order valence-electron chi connectivity index (χ3n) is 5.92. The number of carbonyl (C=O) groups is 4. The molecule has 0 aliphatic carbocycles. The highest BCUT2D eigenvalue weighted by Gasteiger charge is 2.60. The lowest BCUT2D eigenvalue weighted by atomic mass is 9.84. The summed E-state index contributed by atoms with van der Waals surface area (Å²) in [4.78, 5) is 48.7. The van der Waals surface area contributed by atoms with Gasteiger partial charge in [0, 0.05) is 18.4 Å². The highest BCUT2D eigenvalue weighted by molar-refractivity contribution is 7.86. The number of benzene rings is 2. The number of aliphatic carboxylic acids is 1. The van der Waals surface area contributed by atoms with Crippen molar-refractivity contribution in [3.8, 4) is 0 Å².